The van der Waals surface area contributed by atoms with Gasteiger partial charge in [0.05, 0.1) is 11.5 Å². The van der Waals surface area contributed by atoms with Gasteiger partial charge in [-0.3, -0.25) is 5.43 Å². The minimum absolute atomic E-state index is 0.127. The third kappa shape index (κ3) is 2.54. The fourth-order valence-corrected chi connectivity index (χ4v) is 3.54. The Balaban J connectivity index is 2.23. The maximum Gasteiger partial charge on any atom is 0.431 e. The third-order valence-corrected chi connectivity index (χ3v) is 4.52. The fourth-order valence-electron chi connectivity index (χ4n) is 2.91. The molecule has 0 saturated carbocycles. The molecule has 0 fully saturated rings. The highest BCUT2D eigenvalue weighted by atomic mass is 35.5. The van der Waals surface area contributed by atoms with E-state index in [9.17, 15) is 18.4 Å². The van der Waals surface area contributed by atoms with Crippen LogP contribution in [0.2, 0.25) is 10.0 Å². The predicted octanol–water partition coefficient (Wildman–Crippen LogP) is 3.26. The number of benzene rings is 1. The second-order valence-electron chi connectivity index (χ2n) is 5.19. The molecule has 126 valence electrons. The Morgan fingerprint density at radius 1 is 1.29 bits per heavy atom. The quantitative estimate of drug-likeness (QED) is 0.787. The fraction of sp³-hybridized carbons (Fsp3) is 0.286. The molecule has 1 aromatic carbocycles. The molecular weight excluding hydrogens is 368 g/mol. The number of nitrogens with zero attached hydrogens (tertiary/aromatic N) is 2. The molecule has 0 saturated heterocycles. The number of hydrogen-bond donors (Lipinski definition) is 2. The minimum atomic E-state index is -4.71. The van der Waals surface area contributed by atoms with E-state index in [2.05, 4.69) is 10.5 Å². The lowest BCUT2D eigenvalue weighted by Gasteiger charge is -2.35. The summed E-state index contributed by atoms with van der Waals surface area (Å²) in [6.07, 6.45) is -5.88. The van der Waals surface area contributed by atoms with Gasteiger partial charge in [0.25, 0.3) is 0 Å². The topological polar surface area (TPSA) is 83.4 Å². The van der Waals surface area contributed by atoms with Gasteiger partial charge in [0.1, 0.15) is 6.07 Å². The van der Waals surface area contributed by atoms with Crippen molar-refractivity contribution < 1.29 is 17.9 Å². The van der Waals surface area contributed by atoms with Crippen LogP contribution >= 0.6 is 23.2 Å². The van der Waals surface area contributed by atoms with Gasteiger partial charge in [-0.1, -0.05) is 29.3 Å². The van der Waals surface area contributed by atoms with Crippen molar-refractivity contribution in [1.82, 2.24) is 5.43 Å². The van der Waals surface area contributed by atoms with E-state index in [0.29, 0.717) is 0 Å². The van der Waals surface area contributed by atoms with Gasteiger partial charge < -0.3 is 10.5 Å². The van der Waals surface area contributed by atoms with E-state index in [-0.39, 0.29) is 27.1 Å². The van der Waals surface area contributed by atoms with Crippen molar-refractivity contribution in [3.8, 4) is 6.07 Å². The average molecular weight is 377 g/mol. The highest BCUT2D eigenvalue weighted by molar-refractivity contribution is 6.36. The van der Waals surface area contributed by atoms with Crippen molar-refractivity contribution in [2.24, 2.45) is 16.8 Å². The molecule has 0 bridgehead atoms. The standard InChI is InChI=1S/C14H9Cl2F3N4O/c15-6-2-1-3-7(16)9(6)8-5(4-20)12(21)24-13-10(8)11(22-23-13)14(17,18)19/h1-3,8,10,13,23H,21H2. The summed E-state index contributed by atoms with van der Waals surface area (Å²) in [5, 5.41) is 13.0. The van der Waals surface area contributed by atoms with E-state index < -0.39 is 30.0 Å². The molecule has 2 aliphatic heterocycles. The smallest absolute Gasteiger partial charge is 0.431 e. The zero-order valence-electron chi connectivity index (χ0n) is 11.7. The van der Waals surface area contributed by atoms with Crippen molar-refractivity contribution in [2.45, 2.75) is 18.3 Å². The maximum atomic E-state index is 13.3. The number of allylic oxidation sites excluding steroid dienone is 1. The lowest BCUT2D eigenvalue weighted by molar-refractivity contribution is -0.0661. The van der Waals surface area contributed by atoms with Gasteiger partial charge in [0.15, 0.2) is 11.9 Å². The largest absolute Gasteiger partial charge is 0.453 e. The Kier molecular flexibility index (Phi) is 4.01. The number of nitrogens with one attached hydrogen (secondary N) is 1. The third-order valence-electron chi connectivity index (χ3n) is 3.87. The molecule has 0 amide bonds. The molecule has 0 aliphatic carbocycles. The molecule has 0 aromatic heterocycles. The van der Waals surface area contributed by atoms with Gasteiger partial charge in [-0.2, -0.15) is 23.5 Å². The van der Waals surface area contributed by atoms with Crippen LogP contribution < -0.4 is 11.2 Å². The van der Waals surface area contributed by atoms with Crippen LogP contribution in [0.4, 0.5) is 13.2 Å². The predicted molar refractivity (Wildman–Crippen MR) is 81.0 cm³/mol. The highest BCUT2D eigenvalue weighted by Gasteiger charge is 2.55. The molecule has 1 aromatic rings. The number of rotatable bonds is 1. The lowest BCUT2D eigenvalue weighted by Crippen LogP contribution is -2.45. The Bertz CT molecular complexity index is 780. The Labute approximate surface area is 144 Å². The Hall–Kier alpha value is -2.11. The number of halogens is 5. The summed E-state index contributed by atoms with van der Waals surface area (Å²) in [5.74, 6) is -2.76. The average Bonchev–Trinajstić information content (AvgIpc) is 2.90. The summed E-state index contributed by atoms with van der Waals surface area (Å²) < 4.78 is 45.2. The number of alkyl halides is 3. The highest BCUT2D eigenvalue weighted by Crippen LogP contribution is 2.48. The first kappa shape index (κ1) is 16.7. The number of hydrazone groups is 1. The number of nitrogens with two attached hydrogens (primary N) is 1. The van der Waals surface area contributed by atoms with Crippen LogP contribution in [-0.4, -0.2) is 18.1 Å². The first-order valence-corrected chi connectivity index (χ1v) is 7.42. The van der Waals surface area contributed by atoms with E-state index in [1.54, 1.807) is 12.1 Å². The second-order valence-corrected chi connectivity index (χ2v) is 6.01. The zero-order valence-corrected chi connectivity index (χ0v) is 13.2. The van der Waals surface area contributed by atoms with Gasteiger partial charge in [-0.05, 0) is 17.7 Å². The lowest BCUT2D eigenvalue weighted by atomic mass is 9.76. The SMILES string of the molecule is N#CC1=C(N)OC2NN=C(C(F)(F)F)C2C1c1c(Cl)cccc1Cl. The van der Waals surface area contributed by atoms with Crippen LogP contribution in [0.5, 0.6) is 0 Å². The number of ether oxygens (including phenoxy) is 1. The van der Waals surface area contributed by atoms with Crippen LogP contribution in [0.15, 0.2) is 34.8 Å². The van der Waals surface area contributed by atoms with Crippen LogP contribution in [0, 0.1) is 17.2 Å². The Morgan fingerprint density at radius 3 is 2.46 bits per heavy atom. The van der Waals surface area contributed by atoms with Crippen LogP contribution in [-0.2, 0) is 4.74 Å². The summed E-state index contributed by atoms with van der Waals surface area (Å²) in [6.45, 7) is 0. The monoisotopic (exact) mass is 376 g/mol. The van der Waals surface area contributed by atoms with Gasteiger partial charge in [0, 0.05) is 16.0 Å². The number of fused-ring (bicyclic) bond motifs is 1. The number of hydrogen-bond acceptors (Lipinski definition) is 5. The zero-order chi connectivity index (χ0) is 17.6. The summed E-state index contributed by atoms with van der Waals surface area (Å²) >= 11 is 12.3. The first-order valence-electron chi connectivity index (χ1n) is 6.66. The van der Waals surface area contributed by atoms with E-state index >= 15 is 0 Å². The van der Waals surface area contributed by atoms with Gasteiger partial charge in [-0.15, -0.1) is 0 Å². The molecule has 3 N–H and O–H groups in total. The molecule has 2 heterocycles. The van der Waals surface area contributed by atoms with E-state index in [1.807, 2.05) is 0 Å². The molecule has 3 rings (SSSR count). The first-order chi connectivity index (χ1) is 11.3. The molecule has 3 unspecified atom stereocenters. The van der Waals surface area contributed by atoms with Gasteiger partial charge in [-0.25, -0.2) is 0 Å². The molecule has 3 atom stereocenters. The van der Waals surface area contributed by atoms with Crippen molar-refractivity contribution >= 4 is 28.9 Å². The molecule has 0 radical (unpaired) electrons. The summed E-state index contributed by atoms with van der Waals surface area (Å²) in [6, 6.07) is 6.31. The van der Waals surface area contributed by atoms with Crippen molar-refractivity contribution in [3.63, 3.8) is 0 Å². The minimum Gasteiger partial charge on any atom is -0.453 e. The normalized spacial score (nSPS) is 26.2. The number of nitriles is 1. The van der Waals surface area contributed by atoms with E-state index in [4.69, 9.17) is 33.7 Å². The van der Waals surface area contributed by atoms with E-state index in [1.165, 1.54) is 12.1 Å². The van der Waals surface area contributed by atoms with Gasteiger partial charge >= 0.3 is 6.18 Å². The molecular formula is C14H9Cl2F3N4O. The summed E-state index contributed by atoms with van der Waals surface area (Å²) in [4.78, 5) is 0. The van der Waals surface area contributed by atoms with Gasteiger partial charge in [0.2, 0.25) is 5.88 Å². The molecule has 24 heavy (non-hydrogen) atoms. The Morgan fingerprint density at radius 2 is 1.92 bits per heavy atom. The molecule has 5 nitrogen and oxygen atoms in total. The molecule has 10 heteroatoms. The van der Waals surface area contributed by atoms with Crippen molar-refractivity contribution in [2.75, 3.05) is 0 Å². The van der Waals surface area contributed by atoms with E-state index in [0.717, 1.165) is 0 Å². The molecule has 0 spiro atoms. The van der Waals surface area contributed by atoms with Crippen LogP contribution in [0.1, 0.15) is 11.5 Å². The van der Waals surface area contributed by atoms with Crippen molar-refractivity contribution in [1.29, 1.82) is 5.26 Å². The van der Waals surface area contributed by atoms with Crippen LogP contribution in [0.3, 0.4) is 0 Å². The second kappa shape index (κ2) is 5.76. The summed E-state index contributed by atoms with van der Waals surface area (Å²) in [7, 11) is 0. The molecule has 2 aliphatic rings. The van der Waals surface area contributed by atoms with Crippen LogP contribution in [0.25, 0.3) is 0 Å². The summed E-state index contributed by atoms with van der Waals surface area (Å²) in [5.41, 5.74) is 6.87. The maximum absolute atomic E-state index is 13.3. The van der Waals surface area contributed by atoms with Crippen molar-refractivity contribution in [3.05, 3.63) is 45.3 Å².